The molecule has 136 valence electrons. The van der Waals surface area contributed by atoms with E-state index in [2.05, 4.69) is 10.5 Å². The van der Waals surface area contributed by atoms with E-state index < -0.39 is 0 Å². The van der Waals surface area contributed by atoms with E-state index in [4.69, 9.17) is 16.3 Å². The fourth-order valence-corrected chi connectivity index (χ4v) is 2.54. The molecule has 5 heteroatoms. The molecule has 3 aromatic carbocycles. The lowest BCUT2D eigenvalue weighted by atomic mass is 10.1. The Kier molecular flexibility index (Phi) is 6.23. The zero-order valence-corrected chi connectivity index (χ0v) is 15.6. The Morgan fingerprint density at radius 1 is 1.04 bits per heavy atom. The number of hydrazone groups is 1. The van der Waals surface area contributed by atoms with Crippen molar-refractivity contribution in [2.45, 2.75) is 13.5 Å². The Labute approximate surface area is 163 Å². The molecule has 0 radical (unpaired) electrons. The van der Waals surface area contributed by atoms with Crippen LogP contribution in [0.4, 0.5) is 0 Å². The van der Waals surface area contributed by atoms with Gasteiger partial charge in [0, 0.05) is 16.1 Å². The average Bonchev–Trinajstić information content (AvgIpc) is 2.69. The maximum atomic E-state index is 12.2. The van der Waals surface area contributed by atoms with Crippen molar-refractivity contribution in [3.63, 3.8) is 0 Å². The van der Waals surface area contributed by atoms with Crippen LogP contribution in [0, 0.1) is 6.92 Å². The van der Waals surface area contributed by atoms with Crippen molar-refractivity contribution < 1.29 is 9.53 Å². The van der Waals surface area contributed by atoms with Crippen molar-refractivity contribution in [3.8, 4) is 5.75 Å². The van der Waals surface area contributed by atoms with Gasteiger partial charge in [-0.25, -0.2) is 5.43 Å². The highest BCUT2D eigenvalue weighted by Crippen LogP contribution is 2.14. The monoisotopic (exact) mass is 378 g/mol. The average molecular weight is 379 g/mol. The first-order valence-electron chi connectivity index (χ1n) is 8.48. The lowest BCUT2D eigenvalue weighted by Crippen LogP contribution is -2.17. The second-order valence-corrected chi connectivity index (χ2v) is 6.43. The number of rotatable bonds is 6. The van der Waals surface area contributed by atoms with Gasteiger partial charge in [-0.1, -0.05) is 59.6 Å². The van der Waals surface area contributed by atoms with Crippen LogP contribution in [-0.2, 0) is 6.61 Å². The van der Waals surface area contributed by atoms with Crippen LogP contribution in [0.1, 0.15) is 27.0 Å². The Hall–Kier alpha value is -3.11. The zero-order chi connectivity index (χ0) is 19.1. The van der Waals surface area contributed by atoms with Crippen LogP contribution in [0.2, 0.25) is 5.02 Å². The summed E-state index contributed by atoms with van der Waals surface area (Å²) in [7, 11) is 0. The summed E-state index contributed by atoms with van der Waals surface area (Å²) in [6.07, 6.45) is 1.52. The summed E-state index contributed by atoms with van der Waals surface area (Å²) in [4.78, 5) is 12.2. The standard InChI is InChI=1S/C22H19ClN2O2/c1-16-6-12-20(13-7-16)27-15-17-8-10-18(11-9-17)22(26)25-24-14-19-4-2-3-5-21(19)23/h2-14H,15H2,1H3,(H,25,26)/b24-14-. The predicted octanol–water partition coefficient (Wildman–Crippen LogP) is 4.99. The van der Waals surface area contributed by atoms with Gasteiger partial charge in [0.25, 0.3) is 5.91 Å². The zero-order valence-electron chi connectivity index (χ0n) is 14.9. The molecule has 4 nitrogen and oxygen atoms in total. The number of benzene rings is 3. The Bertz CT molecular complexity index is 935. The minimum Gasteiger partial charge on any atom is -0.489 e. The van der Waals surface area contributed by atoms with Gasteiger partial charge >= 0.3 is 0 Å². The molecule has 0 aliphatic carbocycles. The highest BCUT2D eigenvalue weighted by Gasteiger charge is 2.04. The van der Waals surface area contributed by atoms with Crippen LogP contribution in [0.5, 0.6) is 5.75 Å². The molecule has 0 fully saturated rings. The SMILES string of the molecule is Cc1ccc(OCc2ccc(C(=O)N/N=C\c3ccccc3Cl)cc2)cc1. The highest BCUT2D eigenvalue weighted by atomic mass is 35.5. The number of carbonyl (C=O) groups excluding carboxylic acids is 1. The molecule has 0 heterocycles. The molecule has 0 aromatic heterocycles. The third-order valence-electron chi connectivity index (χ3n) is 3.92. The van der Waals surface area contributed by atoms with Crippen molar-refractivity contribution in [1.82, 2.24) is 5.43 Å². The van der Waals surface area contributed by atoms with Crippen LogP contribution in [0.3, 0.4) is 0 Å². The van der Waals surface area contributed by atoms with Gasteiger partial charge in [-0.3, -0.25) is 4.79 Å². The summed E-state index contributed by atoms with van der Waals surface area (Å²) in [6, 6.07) is 22.4. The minimum atomic E-state index is -0.288. The summed E-state index contributed by atoms with van der Waals surface area (Å²) >= 11 is 6.04. The number of halogens is 1. The van der Waals surface area contributed by atoms with Crippen LogP contribution in [0.25, 0.3) is 0 Å². The molecule has 0 aliphatic heterocycles. The Morgan fingerprint density at radius 2 is 1.74 bits per heavy atom. The van der Waals surface area contributed by atoms with Crippen molar-refractivity contribution in [2.24, 2.45) is 5.10 Å². The number of ether oxygens (including phenoxy) is 1. The molecule has 0 unspecified atom stereocenters. The molecule has 3 aromatic rings. The number of carbonyl (C=O) groups is 1. The van der Waals surface area contributed by atoms with E-state index in [0.717, 1.165) is 16.9 Å². The van der Waals surface area contributed by atoms with Crippen LogP contribution in [0.15, 0.2) is 77.9 Å². The van der Waals surface area contributed by atoms with Crippen molar-refractivity contribution in [3.05, 3.63) is 100 Å². The summed E-state index contributed by atoms with van der Waals surface area (Å²) in [5.41, 5.74) is 5.92. The lowest BCUT2D eigenvalue weighted by Gasteiger charge is -2.07. The molecular formula is C22H19ClN2O2. The normalized spacial score (nSPS) is 10.7. The van der Waals surface area contributed by atoms with E-state index in [0.29, 0.717) is 17.2 Å². The second kappa shape index (κ2) is 9.01. The molecule has 1 N–H and O–H groups in total. The molecule has 0 spiro atoms. The van der Waals surface area contributed by atoms with Gasteiger partial charge < -0.3 is 4.74 Å². The quantitative estimate of drug-likeness (QED) is 0.485. The van der Waals surface area contributed by atoms with Crippen LogP contribution in [-0.4, -0.2) is 12.1 Å². The first-order chi connectivity index (χ1) is 13.1. The number of aryl methyl sites for hydroxylation is 1. The molecule has 3 rings (SSSR count). The minimum absolute atomic E-state index is 0.288. The van der Waals surface area contributed by atoms with E-state index in [1.807, 2.05) is 61.5 Å². The third kappa shape index (κ3) is 5.43. The van der Waals surface area contributed by atoms with Crippen molar-refractivity contribution in [1.29, 1.82) is 0 Å². The molecule has 0 saturated carbocycles. The Morgan fingerprint density at radius 3 is 2.44 bits per heavy atom. The molecular weight excluding hydrogens is 360 g/mol. The van der Waals surface area contributed by atoms with Gasteiger partial charge in [0.05, 0.1) is 6.21 Å². The second-order valence-electron chi connectivity index (χ2n) is 6.02. The maximum absolute atomic E-state index is 12.2. The number of nitrogens with zero attached hydrogens (tertiary/aromatic N) is 1. The summed E-state index contributed by atoms with van der Waals surface area (Å²) in [5, 5.41) is 4.53. The third-order valence-corrected chi connectivity index (χ3v) is 4.26. The van der Waals surface area contributed by atoms with E-state index in [1.165, 1.54) is 11.8 Å². The van der Waals surface area contributed by atoms with Gasteiger partial charge in [0.15, 0.2) is 0 Å². The van der Waals surface area contributed by atoms with Gasteiger partial charge in [0.1, 0.15) is 12.4 Å². The molecule has 0 atom stereocenters. The van der Waals surface area contributed by atoms with Crippen LogP contribution >= 0.6 is 11.6 Å². The van der Waals surface area contributed by atoms with Crippen molar-refractivity contribution in [2.75, 3.05) is 0 Å². The smallest absolute Gasteiger partial charge is 0.271 e. The summed E-state index contributed by atoms with van der Waals surface area (Å²) < 4.78 is 5.74. The predicted molar refractivity (Wildman–Crippen MR) is 108 cm³/mol. The van der Waals surface area contributed by atoms with Gasteiger partial charge in [-0.2, -0.15) is 5.10 Å². The molecule has 0 bridgehead atoms. The van der Waals surface area contributed by atoms with Crippen molar-refractivity contribution >= 4 is 23.7 Å². The van der Waals surface area contributed by atoms with E-state index in [1.54, 1.807) is 18.2 Å². The highest BCUT2D eigenvalue weighted by molar-refractivity contribution is 6.33. The lowest BCUT2D eigenvalue weighted by molar-refractivity contribution is 0.0955. The Balaban J connectivity index is 1.54. The van der Waals surface area contributed by atoms with Gasteiger partial charge in [0.2, 0.25) is 0 Å². The molecule has 27 heavy (non-hydrogen) atoms. The molecule has 0 aliphatic rings. The van der Waals surface area contributed by atoms with Crippen LogP contribution < -0.4 is 10.2 Å². The van der Waals surface area contributed by atoms with E-state index in [9.17, 15) is 4.79 Å². The fourth-order valence-electron chi connectivity index (χ4n) is 2.36. The topological polar surface area (TPSA) is 50.7 Å². The number of amides is 1. The van der Waals surface area contributed by atoms with E-state index in [-0.39, 0.29) is 5.91 Å². The fraction of sp³-hybridized carbons (Fsp3) is 0.0909. The maximum Gasteiger partial charge on any atom is 0.271 e. The largest absolute Gasteiger partial charge is 0.489 e. The first kappa shape index (κ1) is 18.7. The number of hydrogen-bond acceptors (Lipinski definition) is 3. The first-order valence-corrected chi connectivity index (χ1v) is 8.86. The molecule has 0 saturated heterocycles. The van der Waals surface area contributed by atoms with Gasteiger partial charge in [-0.05, 0) is 42.8 Å². The summed E-state index contributed by atoms with van der Waals surface area (Å²) in [6.45, 7) is 2.47. The number of nitrogens with one attached hydrogen (secondary N) is 1. The van der Waals surface area contributed by atoms with E-state index >= 15 is 0 Å². The summed E-state index contributed by atoms with van der Waals surface area (Å²) in [5.74, 6) is 0.528. The number of hydrogen-bond donors (Lipinski definition) is 1. The molecule has 1 amide bonds. The van der Waals surface area contributed by atoms with Gasteiger partial charge in [-0.15, -0.1) is 0 Å².